The van der Waals surface area contributed by atoms with Crippen LogP contribution in [0.2, 0.25) is 0 Å². The molecule has 128 heavy (non-hydrogen) atoms. The SMILES string of the molecule is Brc1ccc2oc3nc4ccccc4nc3c2c1.CC1(C)OB(c2ccc(-c3cccc(-c4cccc(-c5nc(-c6ccccc6)nc(-c6ccc(-c7ccccc7)cc6)n5)c4)c3)cc2)OC1(C)C.c1ccc(-c2ccc(-c3nc(-c4ccccc4)nc(-c4cccc(-c5cccc(-c6ccc(-c7ccc8oc9nc%10ccccc%10nc9c8c7)cc6)c5)c4)n3)cc2)cc1. The monoisotopic (exact) mass is 1720 g/mol. The average molecular weight is 1720 g/mol. The molecule has 0 atom stereocenters. The molecule has 16 aromatic carbocycles. The Morgan fingerprint density at radius 1 is 0.211 bits per heavy atom. The van der Waals surface area contributed by atoms with Crippen LogP contribution in [0.15, 0.2) is 414 Å². The fraction of sp³-hybridized carbons (Fsp3) is 0.0536. The Labute approximate surface area is 747 Å². The Hall–Kier alpha value is -15.7. The van der Waals surface area contributed by atoms with Gasteiger partial charge in [0.05, 0.1) is 33.3 Å². The first-order valence-electron chi connectivity index (χ1n) is 42.5. The molecule has 1 aliphatic rings. The van der Waals surface area contributed by atoms with Crippen LogP contribution in [0.25, 0.3) is 213 Å². The zero-order valence-electron chi connectivity index (χ0n) is 70.2. The van der Waals surface area contributed by atoms with Crippen molar-refractivity contribution in [2.45, 2.75) is 38.9 Å². The lowest BCUT2D eigenvalue weighted by Gasteiger charge is -2.32. The third-order valence-corrected chi connectivity index (χ3v) is 24.2. The molecule has 0 bridgehead atoms. The number of aromatic nitrogens is 10. The maximum atomic E-state index is 6.27. The van der Waals surface area contributed by atoms with E-state index in [1.165, 1.54) is 11.1 Å². The predicted octanol–water partition coefficient (Wildman–Crippen LogP) is 27.8. The van der Waals surface area contributed by atoms with Gasteiger partial charge in [-0.25, -0.2) is 49.8 Å². The Bertz CT molecular complexity index is 7870. The van der Waals surface area contributed by atoms with Crippen molar-refractivity contribution < 1.29 is 18.1 Å². The Kier molecular flexibility index (Phi) is 21.2. The van der Waals surface area contributed by atoms with Crippen molar-refractivity contribution in [1.82, 2.24) is 49.8 Å². The van der Waals surface area contributed by atoms with Gasteiger partial charge in [-0.05, 0) is 190 Å². The number of fused-ring (bicyclic) bond motifs is 8. The molecular formula is C112H78BBrN10O4. The molecule has 7 heterocycles. The van der Waals surface area contributed by atoms with E-state index in [-0.39, 0.29) is 18.3 Å². The minimum Gasteiger partial charge on any atom is -0.436 e. The number of rotatable bonds is 14. The molecule has 0 unspecified atom stereocenters. The van der Waals surface area contributed by atoms with Gasteiger partial charge in [0.15, 0.2) is 34.9 Å². The molecule has 0 saturated carbocycles. The predicted molar refractivity (Wildman–Crippen MR) is 521 cm³/mol. The minimum absolute atomic E-state index is 0.376. The second-order valence-electron chi connectivity index (χ2n) is 32.6. The van der Waals surface area contributed by atoms with E-state index in [2.05, 4.69) is 308 Å². The smallest absolute Gasteiger partial charge is 0.436 e. The first-order chi connectivity index (χ1) is 62.7. The van der Waals surface area contributed by atoms with Crippen molar-refractivity contribution in [1.29, 1.82) is 0 Å². The van der Waals surface area contributed by atoms with Gasteiger partial charge in [-0.2, -0.15) is 0 Å². The van der Waals surface area contributed by atoms with Crippen LogP contribution >= 0.6 is 15.9 Å². The minimum atomic E-state index is -0.384. The summed E-state index contributed by atoms with van der Waals surface area (Å²) in [5.74, 6) is 3.78. The van der Waals surface area contributed by atoms with Crippen LogP contribution in [-0.2, 0) is 9.31 Å². The van der Waals surface area contributed by atoms with E-state index in [1.54, 1.807) is 0 Å². The van der Waals surface area contributed by atoms with Gasteiger partial charge in [-0.3, -0.25) is 0 Å². The van der Waals surface area contributed by atoms with Gasteiger partial charge in [-0.1, -0.05) is 337 Å². The summed E-state index contributed by atoms with van der Waals surface area (Å²) >= 11 is 3.46. The van der Waals surface area contributed by atoms with Gasteiger partial charge in [0.1, 0.15) is 22.2 Å². The van der Waals surface area contributed by atoms with Gasteiger partial charge in [0.25, 0.3) is 0 Å². The van der Waals surface area contributed by atoms with E-state index in [4.69, 9.17) is 58.0 Å². The molecule has 0 amide bonds. The summed E-state index contributed by atoms with van der Waals surface area (Å²) in [5.41, 5.74) is 29.3. The highest BCUT2D eigenvalue weighted by Crippen LogP contribution is 2.41. The molecule has 23 rings (SSSR count). The first kappa shape index (κ1) is 79.5. The lowest BCUT2D eigenvalue weighted by atomic mass is 9.78. The van der Waals surface area contributed by atoms with E-state index in [0.717, 1.165) is 165 Å². The van der Waals surface area contributed by atoms with Crippen LogP contribution in [0.5, 0.6) is 0 Å². The van der Waals surface area contributed by atoms with Crippen LogP contribution in [0.3, 0.4) is 0 Å². The van der Waals surface area contributed by atoms with E-state index >= 15 is 0 Å². The maximum Gasteiger partial charge on any atom is 0.494 e. The maximum absolute atomic E-state index is 6.27. The lowest BCUT2D eigenvalue weighted by Crippen LogP contribution is -2.41. The molecule has 22 aromatic rings. The van der Waals surface area contributed by atoms with E-state index in [1.807, 2.05) is 146 Å². The topological polar surface area (TPSA) is 174 Å². The summed E-state index contributed by atoms with van der Waals surface area (Å²) in [7, 11) is -0.384. The number of para-hydroxylation sites is 4. The fourth-order valence-corrected chi connectivity index (χ4v) is 16.5. The molecule has 16 heteroatoms. The van der Waals surface area contributed by atoms with Crippen molar-refractivity contribution in [3.8, 4) is 146 Å². The molecule has 6 aromatic heterocycles. The number of furan rings is 2. The van der Waals surface area contributed by atoms with Gasteiger partial charge in [0.2, 0.25) is 11.4 Å². The first-order valence-corrected chi connectivity index (χ1v) is 43.3. The van der Waals surface area contributed by atoms with E-state index < -0.39 is 0 Å². The fourth-order valence-electron chi connectivity index (χ4n) is 16.1. The average Bonchev–Trinajstić information content (AvgIpc) is 1.57. The van der Waals surface area contributed by atoms with Crippen molar-refractivity contribution in [3.63, 3.8) is 0 Å². The molecule has 1 fully saturated rings. The molecule has 0 N–H and O–H groups in total. The molecule has 14 nitrogen and oxygen atoms in total. The van der Waals surface area contributed by atoms with Crippen molar-refractivity contribution >= 4 is 95.0 Å². The van der Waals surface area contributed by atoms with Crippen molar-refractivity contribution in [3.05, 3.63) is 405 Å². The number of halogens is 1. The standard InChI is InChI=1S/C53H33N5O.C45H38BN3O2.C14H7BrN2O/c1-3-11-34(12-4-1)35-25-27-39(28-26-35)51-56-50(38-13-5-2-6-14-38)57-52(58-51)44-18-10-17-42(32-44)41-16-9-15-40(31-41)36-21-23-37(24-22-36)43-29-30-48-45(33-43)49-53(59-48)55-47-20-8-7-19-46(47)54-49;1-44(2)45(3,4)51-46(50-44)40-27-25-33(26-28-40)36-17-11-18-37(29-36)38-19-12-20-39(30-38)43-48-41(34-15-9-6-10-16-34)47-42(49-43)35-23-21-32(22-24-35)31-13-7-5-8-14-31;15-8-5-6-12-9(7-8)13-14(18-12)17-11-4-2-1-3-10(11)16-13/h1-33H;5-30H,1-4H3;1-7H. The quantitative estimate of drug-likeness (QED) is 0.0941. The number of hydrogen-bond acceptors (Lipinski definition) is 14. The van der Waals surface area contributed by atoms with Crippen LogP contribution in [0.4, 0.5) is 0 Å². The molecule has 0 spiro atoms. The van der Waals surface area contributed by atoms with E-state index in [0.29, 0.717) is 46.4 Å². The molecule has 1 aliphatic heterocycles. The number of benzene rings is 16. The largest absolute Gasteiger partial charge is 0.494 e. The Morgan fingerprint density at radius 2 is 0.453 bits per heavy atom. The van der Waals surface area contributed by atoms with Crippen LogP contribution < -0.4 is 5.46 Å². The second kappa shape index (κ2) is 34.1. The zero-order chi connectivity index (χ0) is 86.2. The second-order valence-corrected chi connectivity index (χ2v) is 33.5. The number of hydrogen-bond donors (Lipinski definition) is 0. The summed E-state index contributed by atoms with van der Waals surface area (Å²) in [6, 6.07) is 137. The normalized spacial score (nSPS) is 12.8. The van der Waals surface area contributed by atoms with Crippen molar-refractivity contribution in [2.75, 3.05) is 0 Å². The zero-order valence-corrected chi connectivity index (χ0v) is 71.8. The summed E-state index contributed by atoms with van der Waals surface area (Å²) in [6.07, 6.45) is 0. The highest BCUT2D eigenvalue weighted by Gasteiger charge is 2.51. The molecular weight excluding hydrogens is 1640 g/mol. The summed E-state index contributed by atoms with van der Waals surface area (Å²) in [4.78, 5) is 48.7. The van der Waals surface area contributed by atoms with E-state index in [9.17, 15) is 0 Å². The van der Waals surface area contributed by atoms with Gasteiger partial charge in [-0.15, -0.1) is 0 Å². The molecule has 1 saturated heterocycles. The molecule has 610 valence electrons. The van der Waals surface area contributed by atoms with Gasteiger partial charge in [0, 0.05) is 48.6 Å². The molecule has 0 radical (unpaired) electrons. The summed E-state index contributed by atoms with van der Waals surface area (Å²) < 4.78 is 25.4. The summed E-state index contributed by atoms with van der Waals surface area (Å²) in [5, 5.41) is 1.94. The highest BCUT2D eigenvalue weighted by molar-refractivity contribution is 9.10. The third kappa shape index (κ3) is 16.4. The van der Waals surface area contributed by atoms with Crippen molar-refractivity contribution in [2.24, 2.45) is 0 Å². The van der Waals surface area contributed by atoms with Crippen LogP contribution in [0.1, 0.15) is 27.7 Å². The van der Waals surface area contributed by atoms with Crippen LogP contribution in [0, 0.1) is 0 Å². The van der Waals surface area contributed by atoms with Gasteiger partial charge < -0.3 is 18.1 Å². The molecule has 0 aliphatic carbocycles. The highest BCUT2D eigenvalue weighted by atomic mass is 79.9. The lowest BCUT2D eigenvalue weighted by molar-refractivity contribution is 0.00578. The Morgan fingerprint density at radius 3 is 0.828 bits per heavy atom. The third-order valence-electron chi connectivity index (χ3n) is 23.7. The van der Waals surface area contributed by atoms with Gasteiger partial charge >= 0.3 is 7.12 Å². The summed E-state index contributed by atoms with van der Waals surface area (Å²) in [6.45, 7) is 8.31. The number of nitrogens with zero attached hydrogens (tertiary/aromatic N) is 10. The Balaban J connectivity index is 0.000000131. The van der Waals surface area contributed by atoms with Crippen LogP contribution in [-0.4, -0.2) is 68.2 Å².